The molecule has 0 aliphatic carbocycles. The fraction of sp³-hybridized carbons (Fsp3) is 0.294. The Kier molecular flexibility index (Phi) is 5.71. The van der Waals surface area contributed by atoms with E-state index in [0.29, 0.717) is 6.54 Å². The SMILES string of the molecule is OCCN(CCc1ccc(F)cc1)Cc1ccccc1. The molecule has 0 unspecified atom stereocenters. The lowest BCUT2D eigenvalue weighted by atomic mass is 10.1. The van der Waals surface area contributed by atoms with Crippen molar-refractivity contribution in [1.82, 2.24) is 4.90 Å². The van der Waals surface area contributed by atoms with E-state index >= 15 is 0 Å². The fourth-order valence-electron chi connectivity index (χ4n) is 2.19. The molecular formula is C17H20FNO. The molecule has 0 saturated heterocycles. The molecule has 0 spiro atoms. The summed E-state index contributed by atoms with van der Waals surface area (Å²) >= 11 is 0. The van der Waals surface area contributed by atoms with Crippen molar-refractivity contribution in [2.24, 2.45) is 0 Å². The molecular weight excluding hydrogens is 253 g/mol. The highest BCUT2D eigenvalue weighted by atomic mass is 19.1. The minimum atomic E-state index is -0.203. The second-order valence-electron chi connectivity index (χ2n) is 4.86. The van der Waals surface area contributed by atoms with Crippen molar-refractivity contribution in [2.45, 2.75) is 13.0 Å². The van der Waals surface area contributed by atoms with E-state index in [1.165, 1.54) is 17.7 Å². The number of aliphatic hydroxyl groups is 1. The summed E-state index contributed by atoms with van der Waals surface area (Å²) in [5, 5.41) is 9.16. The molecule has 0 radical (unpaired) electrons. The predicted molar refractivity (Wildman–Crippen MR) is 78.9 cm³/mol. The first-order valence-corrected chi connectivity index (χ1v) is 6.89. The van der Waals surface area contributed by atoms with Crippen LogP contribution in [-0.4, -0.2) is 29.7 Å². The van der Waals surface area contributed by atoms with E-state index in [0.717, 1.165) is 25.1 Å². The second kappa shape index (κ2) is 7.78. The molecule has 2 rings (SSSR count). The zero-order valence-corrected chi connectivity index (χ0v) is 11.5. The number of rotatable bonds is 7. The van der Waals surface area contributed by atoms with Gasteiger partial charge in [0.15, 0.2) is 0 Å². The normalized spacial score (nSPS) is 10.9. The van der Waals surface area contributed by atoms with Gasteiger partial charge in [-0.05, 0) is 29.7 Å². The fourth-order valence-corrected chi connectivity index (χ4v) is 2.19. The predicted octanol–water partition coefficient (Wildman–Crippen LogP) is 2.86. The minimum absolute atomic E-state index is 0.149. The Labute approximate surface area is 119 Å². The van der Waals surface area contributed by atoms with Gasteiger partial charge in [0.1, 0.15) is 5.82 Å². The molecule has 0 saturated carbocycles. The molecule has 0 amide bonds. The maximum atomic E-state index is 12.9. The summed E-state index contributed by atoms with van der Waals surface area (Å²) in [6, 6.07) is 16.8. The van der Waals surface area contributed by atoms with Crippen molar-refractivity contribution in [3.63, 3.8) is 0 Å². The molecule has 2 nitrogen and oxygen atoms in total. The average molecular weight is 273 g/mol. The Morgan fingerprint density at radius 3 is 2.20 bits per heavy atom. The van der Waals surface area contributed by atoms with Gasteiger partial charge in [-0.25, -0.2) is 4.39 Å². The van der Waals surface area contributed by atoms with Crippen LogP contribution >= 0.6 is 0 Å². The van der Waals surface area contributed by atoms with E-state index in [4.69, 9.17) is 5.11 Å². The molecule has 2 aromatic carbocycles. The molecule has 3 heteroatoms. The Balaban J connectivity index is 1.90. The lowest BCUT2D eigenvalue weighted by Crippen LogP contribution is -2.28. The number of halogens is 1. The van der Waals surface area contributed by atoms with Gasteiger partial charge in [0.25, 0.3) is 0 Å². The highest BCUT2D eigenvalue weighted by molar-refractivity contribution is 5.17. The van der Waals surface area contributed by atoms with Crippen LogP contribution in [0.1, 0.15) is 11.1 Å². The van der Waals surface area contributed by atoms with Crippen LogP contribution in [0.3, 0.4) is 0 Å². The molecule has 0 aromatic heterocycles. The van der Waals surface area contributed by atoms with E-state index in [2.05, 4.69) is 17.0 Å². The molecule has 0 atom stereocenters. The molecule has 0 bridgehead atoms. The van der Waals surface area contributed by atoms with E-state index in [9.17, 15) is 4.39 Å². The molecule has 1 N–H and O–H groups in total. The summed E-state index contributed by atoms with van der Waals surface area (Å²) in [4.78, 5) is 2.21. The summed E-state index contributed by atoms with van der Waals surface area (Å²) in [6.45, 7) is 2.47. The van der Waals surface area contributed by atoms with Gasteiger partial charge in [-0.3, -0.25) is 4.90 Å². The van der Waals surface area contributed by atoms with Gasteiger partial charge in [-0.15, -0.1) is 0 Å². The Hall–Kier alpha value is -1.71. The topological polar surface area (TPSA) is 23.5 Å². The van der Waals surface area contributed by atoms with E-state index in [-0.39, 0.29) is 12.4 Å². The second-order valence-corrected chi connectivity index (χ2v) is 4.86. The van der Waals surface area contributed by atoms with Gasteiger partial charge in [0.2, 0.25) is 0 Å². The van der Waals surface area contributed by atoms with Crippen molar-refractivity contribution in [3.8, 4) is 0 Å². The Morgan fingerprint density at radius 1 is 0.850 bits per heavy atom. The van der Waals surface area contributed by atoms with Crippen molar-refractivity contribution >= 4 is 0 Å². The van der Waals surface area contributed by atoms with Gasteiger partial charge in [-0.1, -0.05) is 42.5 Å². The van der Waals surface area contributed by atoms with E-state index in [1.54, 1.807) is 0 Å². The summed E-state index contributed by atoms with van der Waals surface area (Å²) < 4.78 is 12.9. The van der Waals surface area contributed by atoms with Crippen LogP contribution in [0.25, 0.3) is 0 Å². The zero-order chi connectivity index (χ0) is 14.2. The summed E-state index contributed by atoms with van der Waals surface area (Å²) in [7, 11) is 0. The maximum absolute atomic E-state index is 12.9. The zero-order valence-electron chi connectivity index (χ0n) is 11.5. The van der Waals surface area contributed by atoms with Crippen molar-refractivity contribution < 1.29 is 9.50 Å². The Morgan fingerprint density at radius 2 is 1.55 bits per heavy atom. The van der Waals surface area contributed by atoms with Gasteiger partial charge in [0.05, 0.1) is 6.61 Å². The molecule has 0 aliphatic heterocycles. The molecule has 0 heterocycles. The smallest absolute Gasteiger partial charge is 0.123 e. The standard InChI is InChI=1S/C17H20FNO/c18-17-8-6-15(7-9-17)10-11-19(12-13-20)14-16-4-2-1-3-5-16/h1-9,20H,10-14H2. The minimum Gasteiger partial charge on any atom is -0.395 e. The molecule has 0 aliphatic rings. The highest BCUT2D eigenvalue weighted by Gasteiger charge is 2.06. The summed E-state index contributed by atoms with van der Waals surface area (Å²) in [6.07, 6.45) is 0.854. The van der Waals surface area contributed by atoms with Crippen LogP contribution in [-0.2, 0) is 13.0 Å². The summed E-state index contributed by atoms with van der Waals surface area (Å²) in [5.41, 5.74) is 2.35. The van der Waals surface area contributed by atoms with Gasteiger partial charge < -0.3 is 5.11 Å². The average Bonchev–Trinajstić information content (AvgIpc) is 2.48. The van der Waals surface area contributed by atoms with E-state index < -0.39 is 0 Å². The van der Waals surface area contributed by atoms with Gasteiger partial charge in [-0.2, -0.15) is 0 Å². The lowest BCUT2D eigenvalue weighted by Gasteiger charge is -2.21. The largest absolute Gasteiger partial charge is 0.395 e. The van der Waals surface area contributed by atoms with Crippen LogP contribution in [0, 0.1) is 5.82 Å². The van der Waals surface area contributed by atoms with Crippen LogP contribution in [0.15, 0.2) is 54.6 Å². The van der Waals surface area contributed by atoms with Crippen molar-refractivity contribution in [2.75, 3.05) is 19.7 Å². The van der Waals surface area contributed by atoms with Gasteiger partial charge in [0, 0.05) is 19.6 Å². The number of aliphatic hydroxyl groups excluding tert-OH is 1. The number of benzene rings is 2. The third-order valence-electron chi connectivity index (χ3n) is 3.30. The third-order valence-corrected chi connectivity index (χ3v) is 3.30. The van der Waals surface area contributed by atoms with Crippen LogP contribution in [0.5, 0.6) is 0 Å². The quantitative estimate of drug-likeness (QED) is 0.838. The van der Waals surface area contributed by atoms with Crippen molar-refractivity contribution in [1.29, 1.82) is 0 Å². The van der Waals surface area contributed by atoms with Gasteiger partial charge >= 0.3 is 0 Å². The lowest BCUT2D eigenvalue weighted by molar-refractivity contribution is 0.191. The van der Waals surface area contributed by atoms with Crippen LogP contribution in [0.4, 0.5) is 4.39 Å². The first kappa shape index (κ1) is 14.7. The van der Waals surface area contributed by atoms with Crippen molar-refractivity contribution in [3.05, 3.63) is 71.5 Å². The number of hydrogen-bond donors (Lipinski definition) is 1. The molecule has 106 valence electrons. The van der Waals surface area contributed by atoms with Crippen LogP contribution < -0.4 is 0 Å². The monoisotopic (exact) mass is 273 g/mol. The first-order chi connectivity index (χ1) is 9.78. The molecule has 20 heavy (non-hydrogen) atoms. The third kappa shape index (κ3) is 4.76. The molecule has 0 fully saturated rings. The van der Waals surface area contributed by atoms with Crippen LogP contribution in [0.2, 0.25) is 0 Å². The highest BCUT2D eigenvalue weighted by Crippen LogP contribution is 2.08. The number of nitrogens with zero attached hydrogens (tertiary/aromatic N) is 1. The number of hydrogen-bond acceptors (Lipinski definition) is 2. The summed E-state index contributed by atoms with van der Waals surface area (Å²) in [5.74, 6) is -0.203. The maximum Gasteiger partial charge on any atom is 0.123 e. The Bertz CT molecular complexity index is 498. The first-order valence-electron chi connectivity index (χ1n) is 6.89. The molecule has 2 aromatic rings. The van der Waals surface area contributed by atoms with E-state index in [1.807, 2.05) is 30.3 Å².